The molecule has 4 heterocycles. The lowest BCUT2D eigenvalue weighted by Gasteiger charge is -2.36. The van der Waals surface area contributed by atoms with E-state index in [1.807, 2.05) is 4.90 Å². The van der Waals surface area contributed by atoms with Crippen molar-refractivity contribution in [3.05, 3.63) is 35.7 Å². The van der Waals surface area contributed by atoms with Crippen LogP contribution in [0.5, 0.6) is 0 Å². The summed E-state index contributed by atoms with van der Waals surface area (Å²) in [4.78, 5) is 35.8. The smallest absolute Gasteiger partial charge is 0.336 e. The number of hydrogen-bond donors (Lipinski definition) is 1. The first-order valence-corrected chi connectivity index (χ1v) is 10.9. The van der Waals surface area contributed by atoms with Crippen LogP contribution in [0.4, 0.5) is 0 Å². The molecule has 1 unspecified atom stereocenters. The highest BCUT2D eigenvalue weighted by molar-refractivity contribution is 5.94. The van der Waals surface area contributed by atoms with Crippen molar-refractivity contribution in [2.24, 2.45) is 5.41 Å². The minimum Gasteiger partial charge on any atom is -0.456 e. The van der Waals surface area contributed by atoms with Crippen LogP contribution < -0.4 is 5.32 Å². The number of likely N-dealkylation sites (tertiary alicyclic amines) is 1. The monoisotopic (exact) mass is 438 g/mol. The molecule has 0 aromatic carbocycles. The highest BCUT2D eigenvalue weighted by atomic mass is 16.5. The fourth-order valence-corrected chi connectivity index (χ4v) is 5.17. The van der Waals surface area contributed by atoms with Gasteiger partial charge < -0.3 is 15.0 Å². The maximum absolute atomic E-state index is 13.4. The summed E-state index contributed by atoms with van der Waals surface area (Å²) in [7, 11) is 0. The Bertz CT molecular complexity index is 1040. The molecule has 1 amide bonds. The number of carbonyl (C=O) groups is 2. The Hall–Kier alpha value is -3.21. The minimum atomic E-state index is -0.330. The van der Waals surface area contributed by atoms with E-state index in [9.17, 15) is 9.59 Å². The highest BCUT2D eigenvalue weighted by Gasteiger charge is 2.53. The fraction of sp³-hybridized carbons (Fsp3) is 0.571. The third kappa shape index (κ3) is 3.56. The molecule has 3 aliphatic rings. The molecule has 11 nitrogen and oxygen atoms in total. The van der Waals surface area contributed by atoms with Crippen molar-refractivity contribution < 1.29 is 14.3 Å². The predicted octanol–water partition coefficient (Wildman–Crippen LogP) is 0.922. The lowest BCUT2D eigenvalue weighted by Crippen LogP contribution is -2.42. The number of rotatable bonds is 5. The summed E-state index contributed by atoms with van der Waals surface area (Å²) in [5.41, 5.74) is 1.81. The van der Waals surface area contributed by atoms with Gasteiger partial charge in [-0.2, -0.15) is 4.68 Å². The molecule has 11 heteroatoms. The van der Waals surface area contributed by atoms with Crippen molar-refractivity contribution in [1.29, 1.82) is 0 Å². The Labute approximate surface area is 185 Å². The molecule has 0 bridgehead atoms. The minimum absolute atomic E-state index is 0.0837. The molecule has 0 radical (unpaired) electrons. The van der Waals surface area contributed by atoms with Crippen LogP contribution in [-0.2, 0) is 20.9 Å². The van der Waals surface area contributed by atoms with Crippen molar-refractivity contribution in [2.75, 3.05) is 6.61 Å². The SMILES string of the molecule is CC1=C(N2C(=O)C3(CCC(NCc4cnc(-n5cnnn5)cn4)CC3)CC2C)COC1=O. The molecule has 1 N–H and O–H groups in total. The summed E-state index contributed by atoms with van der Waals surface area (Å²) < 4.78 is 6.60. The Kier molecular flexibility index (Phi) is 5.20. The van der Waals surface area contributed by atoms with Gasteiger partial charge in [-0.15, -0.1) is 5.10 Å². The summed E-state index contributed by atoms with van der Waals surface area (Å²) in [6.07, 6.45) is 9.20. The van der Waals surface area contributed by atoms with Gasteiger partial charge in [0.2, 0.25) is 5.91 Å². The molecule has 2 aromatic heterocycles. The van der Waals surface area contributed by atoms with E-state index in [1.54, 1.807) is 19.3 Å². The van der Waals surface area contributed by atoms with Crippen LogP contribution in [0.25, 0.3) is 5.82 Å². The van der Waals surface area contributed by atoms with Gasteiger partial charge >= 0.3 is 5.97 Å². The normalized spacial score (nSPS) is 28.1. The molecular weight excluding hydrogens is 412 g/mol. The van der Waals surface area contributed by atoms with Crippen molar-refractivity contribution in [2.45, 2.75) is 64.6 Å². The second kappa shape index (κ2) is 8.05. The predicted molar refractivity (Wildman–Crippen MR) is 111 cm³/mol. The largest absolute Gasteiger partial charge is 0.456 e. The molecule has 2 fully saturated rings. The molecule has 32 heavy (non-hydrogen) atoms. The van der Waals surface area contributed by atoms with Crippen LogP contribution in [0.15, 0.2) is 30.0 Å². The van der Waals surface area contributed by atoms with Crippen LogP contribution in [0.3, 0.4) is 0 Å². The zero-order valence-corrected chi connectivity index (χ0v) is 18.2. The molecule has 2 aromatic rings. The fourth-order valence-electron chi connectivity index (χ4n) is 5.17. The molecule has 1 aliphatic carbocycles. The molecule has 1 atom stereocenters. The van der Waals surface area contributed by atoms with Gasteiger partial charge in [-0.1, -0.05) is 0 Å². The summed E-state index contributed by atoms with van der Waals surface area (Å²) in [6.45, 7) is 4.63. The molecule has 5 rings (SSSR count). The molecule has 1 spiro atoms. The van der Waals surface area contributed by atoms with Crippen LogP contribution in [0.2, 0.25) is 0 Å². The maximum Gasteiger partial charge on any atom is 0.336 e. The van der Waals surface area contributed by atoms with Gasteiger partial charge in [0.25, 0.3) is 0 Å². The van der Waals surface area contributed by atoms with Gasteiger partial charge in [0, 0.05) is 18.6 Å². The number of amides is 1. The van der Waals surface area contributed by atoms with Crippen LogP contribution in [-0.4, -0.2) is 65.6 Å². The Morgan fingerprint density at radius 1 is 1.22 bits per heavy atom. The number of tetrazole rings is 1. The van der Waals surface area contributed by atoms with Gasteiger partial charge in [0.1, 0.15) is 12.9 Å². The van der Waals surface area contributed by atoms with Crippen molar-refractivity contribution in [1.82, 2.24) is 40.4 Å². The number of hydrogen-bond acceptors (Lipinski definition) is 9. The Morgan fingerprint density at radius 2 is 2.03 bits per heavy atom. The highest BCUT2D eigenvalue weighted by Crippen LogP contribution is 2.49. The second-order valence-electron chi connectivity index (χ2n) is 8.93. The molecule has 1 saturated heterocycles. The zero-order valence-electron chi connectivity index (χ0n) is 18.2. The maximum atomic E-state index is 13.4. The van der Waals surface area contributed by atoms with Crippen LogP contribution in [0.1, 0.15) is 51.6 Å². The van der Waals surface area contributed by atoms with E-state index in [4.69, 9.17) is 4.74 Å². The number of carbonyl (C=O) groups excluding carboxylic acids is 2. The summed E-state index contributed by atoms with van der Waals surface area (Å²) in [5.74, 6) is 0.402. The average Bonchev–Trinajstić information content (AvgIpc) is 3.50. The van der Waals surface area contributed by atoms with E-state index >= 15 is 0 Å². The summed E-state index contributed by atoms with van der Waals surface area (Å²) in [5, 5.41) is 14.5. The van der Waals surface area contributed by atoms with E-state index in [2.05, 4.69) is 37.7 Å². The molecular formula is C21H26N8O3. The van der Waals surface area contributed by atoms with Crippen LogP contribution in [0, 0.1) is 5.41 Å². The Morgan fingerprint density at radius 3 is 2.66 bits per heavy atom. The zero-order chi connectivity index (χ0) is 22.3. The number of aromatic nitrogens is 6. The van der Waals surface area contributed by atoms with Crippen LogP contribution >= 0.6 is 0 Å². The first-order valence-electron chi connectivity index (χ1n) is 10.9. The number of cyclic esters (lactones) is 1. The number of esters is 1. The average molecular weight is 438 g/mol. The standard InChI is InChI=1S/C21H26N8O3/c1-13-7-21(20(31)29(13)17-11-32-19(30)14(17)2)5-3-15(4-6-21)22-8-16-9-24-18(10-23-16)28-12-25-26-27-28/h9-10,12-13,15,22H,3-8,11H2,1-2H3. The first kappa shape index (κ1) is 20.7. The van der Waals surface area contributed by atoms with Gasteiger partial charge in [0.05, 0.1) is 34.8 Å². The van der Waals surface area contributed by atoms with Gasteiger partial charge in [-0.3, -0.25) is 9.78 Å². The van der Waals surface area contributed by atoms with Gasteiger partial charge in [0.15, 0.2) is 5.82 Å². The molecule has 168 valence electrons. The number of ether oxygens (including phenoxy) is 1. The Balaban J connectivity index is 1.17. The lowest BCUT2D eigenvalue weighted by molar-refractivity contribution is -0.138. The third-order valence-corrected chi connectivity index (χ3v) is 6.96. The first-order chi connectivity index (χ1) is 15.5. The van der Waals surface area contributed by atoms with Crippen molar-refractivity contribution in [3.63, 3.8) is 0 Å². The molecule has 1 saturated carbocycles. The third-order valence-electron chi connectivity index (χ3n) is 6.96. The van der Waals surface area contributed by atoms with Crippen molar-refractivity contribution >= 4 is 11.9 Å². The van der Waals surface area contributed by atoms with E-state index in [1.165, 1.54) is 11.0 Å². The number of nitrogens with one attached hydrogen (secondary N) is 1. The lowest BCUT2D eigenvalue weighted by atomic mass is 9.70. The summed E-state index contributed by atoms with van der Waals surface area (Å²) >= 11 is 0. The second-order valence-corrected chi connectivity index (χ2v) is 8.93. The topological polar surface area (TPSA) is 128 Å². The molecule has 2 aliphatic heterocycles. The number of nitrogens with zero attached hydrogens (tertiary/aromatic N) is 7. The van der Waals surface area contributed by atoms with E-state index in [0.29, 0.717) is 24.0 Å². The van der Waals surface area contributed by atoms with E-state index < -0.39 is 0 Å². The van der Waals surface area contributed by atoms with E-state index in [0.717, 1.165) is 43.5 Å². The van der Waals surface area contributed by atoms with E-state index in [-0.39, 0.29) is 29.9 Å². The quantitative estimate of drug-likeness (QED) is 0.678. The van der Waals surface area contributed by atoms with Crippen molar-refractivity contribution in [3.8, 4) is 5.82 Å². The summed E-state index contributed by atoms with van der Waals surface area (Å²) in [6, 6.07) is 0.413. The van der Waals surface area contributed by atoms with Gasteiger partial charge in [-0.05, 0) is 56.4 Å². The van der Waals surface area contributed by atoms with Gasteiger partial charge in [-0.25, -0.2) is 9.78 Å².